The molecule has 0 aliphatic heterocycles. The zero-order valence-corrected chi connectivity index (χ0v) is 18.4. The van der Waals surface area contributed by atoms with E-state index in [1.54, 1.807) is 12.0 Å². The number of hydrogen-bond donors (Lipinski definition) is 2. The number of nitrogens with one attached hydrogen (secondary N) is 2. The van der Waals surface area contributed by atoms with Crippen molar-refractivity contribution in [3.05, 3.63) is 35.4 Å². The normalized spacial score (nSPS) is 12.0. The summed E-state index contributed by atoms with van der Waals surface area (Å²) in [6.07, 6.45) is 8.98. The average molecular weight is 392 g/mol. The van der Waals surface area contributed by atoms with Crippen molar-refractivity contribution in [1.29, 1.82) is 0 Å². The standard InChI is InChI=1S/C23H41N3O2/c1-20-12-11-14-21(18-20)13-7-5-9-16-26(3)23(27)25-19-22(24-2)15-8-6-10-17-28-4/h11-12,14,18,22,24H,5-10,13,15-17,19H2,1-4H3,(H,25,27). The second kappa shape index (κ2) is 15.3. The van der Waals surface area contributed by atoms with Gasteiger partial charge in [0.15, 0.2) is 0 Å². The van der Waals surface area contributed by atoms with Crippen LogP contribution < -0.4 is 10.6 Å². The van der Waals surface area contributed by atoms with Gasteiger partial charge in [-0.2, -0.15) is 0 Å². The first-order valence-corrected chi connectivity index (χ1v) is 10.8. The van der Waals surface area contributed by atoms with Crippen LogP contribution in [-0.4, -0.2) is 57.9 Å². The maximum absolute atomic E-state index is 12.3. The molecule has 28 heavy (non-hydrogen) atoms. The van der Waals surface area contributed by atoms with Crippen molar-refractivity contribution in [2.45, 2.75) is 64.3 Å². The Kier molecular flexibility index (Phi) is 13.4. The van der Waals surface area contributed by atoms with Gasteiger partial charge in [0.05, 0.1) is 0 Å². The van der Waals surface area contributed by atoms with Crippen molar-refractivity contribution < 1.29 is 9.53 Å². The van der Waals surface area contributed by atoms with Crippen LogP contribution in [-0.2, 0) is 11.2 Å². The number of rotatable bonds is 15. The number of nitrogens with zero attached hydrogens (tertiary/aromatic N) is 1. The van der Waals surface area contributed by atoms with Gasteiger partial charge in [-0.3, -0.25) is 0 Å². The summed E-state index contributed by atoms with van der Waals surface area (Å²) in [5.41, 5.74) is 2.73. The number of hydrogen-bond acceptors (Lipinski definition) is 3. The van der Waals surface area contributed by atoms with Crippen LogP contribution in [0.25, 0.3) is 0 Å². The minimum atomic E-state index is 0.0262. The van der Waals surface area contributed by atoms with Gasteiger partial charge >= 0.3 is 6.03 Å². The van der Waals surface area contributed by atoms with Crippen LogP contribution in [0.15, 0.2) is 24.3 Å². The third-order valence-electron chi connectivity index (χ3n) is 5.20. The summed E-state index contributed by atoms with van der Waals surface area (Å²) in [7, 11) is 5.59. The number of aryl methyl sites for hydroxylation is 2. The van der Waals surface area contributed by atoms with Gasteiger partial charge in [-0.1, -0.05) is 49.1 Å². The lowest BCUT2D eigenvalue weighted by Gasteiger charge is -2.21. The highest BCUT2D eigenvalue weighted by Crippen LogP contribution is 2.09. The maximum atomic E-state index is 12.3. The van der Waals surface area contributed by atoms with Crippen LogP contribution in [0.5, 0.6) is 0 Å². The molecule has 2 N–H and O–H groups in total. The van der Waals surface area contributed by atoms with E-state index in [1.807, 2.05) is 14.1 Å². The molecule has 0 heterocycles. The first-order chi connectivity index (χ1) is 13.6. The van der Waals surface area contributed by atoms with Gasteiger partial charge in [0.25, 0.3) is 0 Å². The van der Waals surface area contributed by atoms with E-state index in [4.69, 9.17) is 4.74 Å². The summed E-state index contributed by atoms with van der Waals surface area (Å²) in [6.45, 7) is 4.45. The highest BCUT2D eigenvalue weighted by Gasteiger charge is 2.11. The summed E-state index contributed by atoms with van der Waals surface area (Å²) >= 11 is 0. The van der Waals surface area contributed by atoms with Crippen molar-refractivity contribution in [3.8, 4) is 0 Å². The summed E-state index contributed by atoms with van der Waals surface area (Å²) < 4.78 is 5.08. The molecule has 0 fully saturated rings. The molecule has 0 spiro atoms. The maximum Gasteiger partial charge on any atom is 0.317 e. The lowest BCUT2D eigenvalue weighted by molar-refractivity contribution is 0.191. The highest BCUT2D eigenvalue weighted by atomic mass is 16.5. The van der Waals surface area contributed by atoms with Crippen LogP contribution in [0.4, 0.5) is 4.79 Å². The molecule has 0 bridgehead atoms. The highest BCUT2D eigenvalue weighted by molar-refractivity contribution is 5.73. The number of likely N-dealkylation sites (N-methyl/N-ethyl adjacent to an activating group) is 1. The molecule has 0 aromatic heterocycles. The van der Waals surface area contributed by atoms with Crippen LogP contribution in [0, 0.1) is 6.92 Å². The Hall–Kier alpha value is -1.59. The van der Waals surface area contributed by atoms with E-state index in [0.29, 0.717) is 12.6 Å². The lowest BCUT2D eigenvalue weighted by Crippen LogP contribution is -2.44. The first-order valence-electron chi connectivity index (χ1n) is 10.8. The second-order valence-electron chi connectivity index (χ2n) is 7.74. The van der Waals surface area contributed by atoms with Gasteiger partial charge in [0.1, 0.15) is 0 Å². The molecule has 1 atom stereocenters. The Labute approximate surface area is 172 Å². The predicted molar refractivity (Wildman–Crippen MR) is 118 cm³/mol. The van der Waals surface area contributed by atoms with Crippen LogP contribution in [0.2, 0.25) is 0 Å². The summed E-state index contributed by atoms with van der Waals surface area (Å²) in [5.74, 6) is 0. The lowest BCUT2D eigenvalue weighted by atomic mass is 10.0. The average Bonchev–Trinajstić information content (AvgIpc) is 2.69. The van der Waals surface area contributed by atoms with E-state index in [2.05, 4.69) is 41.8 Å². The zero-order valence-electron chi connectivity index (χ0n) is 18.4. The van der Waals surface area contributed by atoms with Gasteiger partial charge < -0.3 is 20.3 Å². The number of carbonyl (C=O) groups excluding carboxylic acids is 1. The SMILES string of the molecule is CNC(CCCCCOC)CNC(=O)N(C)CCCCCc1cccc(C)c1. The first kappa shape index (κ1) is 24.4. The van der Waals surface area contributed by atoms with Crippen molar-refractivity contribution in [2.24, 2.45) is 0 Å². The zero-order chi connectivity index (χ0) is 20.6. The fraction of sp³-hybridized carbons (Fsp3) is 0.696. The predicted octanol–water partition coefficient (Wildman–Crippen LogP) is 4.14. The molecular weight excluding hydrogens is 350 g/mol. The molecule has 0 radical (unpaired) electrons. The van der Waals surface area contributed by atoms with E-state index >= 15 is 0 Å². The molecule has 2 amide bonds. The fourth-order valence-corrected chi connectivity index (χ4v) is 3.33. The van der Waals surface area contributed by atoms with E-state index in [-0.39, 0.29) is 6.03 Å². The molecule has 0 aliphatic rings. The Bertz CT molecular complexity index is 536. The quantitative estimate of drug-likeness (QED) is 0.442. The summed E-state index contributed by atoms with van der Waals surface area (Å²) in [4.78, 5) is 14.1. The smallest absolute Gasteiger partial charge is 0.317 e. The molecular formula is C23H41N3O2. The van der Waals surface area contributed by atoms with Crippen molar-refractivity contribution >= 4 is 6.03 Å². The molecule has 5 nitrogen and oxygen atoms in total. The molecule has 1 aromatic rings. The van der Waals surface area contributed by atoms with E-state index in [1.165, 1.54) is 24.0 Å². The molecule has 1 rings (SSSR count). The topological polar surface area (TPSA) is 53.6 Å². The Balaban J connectivity index is 2.11. The van der Waals surface area contributed by atoms with Crippen molar-refractivity contribution in [2.75, 3.05) is 40.9 Å². The van der Waals surface area contributed by atoms with Gasteiger partial charge in [-0.25, -0.2) is 4.79 Å². The van der Waals surface area contributed by atoms with Crippen LogP contribution in [0.1, 0.15) is 56.1 Å². The minimum Gasteiger partial charge on any atom is -0.385 e. The molecule has 5 heteroatoms. The van der Waals surface area contributed by atoms with E-state index in [9.17, 15) is 4.79 Å². The van der Waals surface area contributed by atoms with E-state index < -0.39 is 0 Å². The summed E-state index contributed by atoms with van der Waals surface area (Å²) in [5, 5.41) is 6.36. The Morgan fingerprint density at radius 2 is 1.93 bits per heavy atom. The molecule has 0 saturated carbocycles. The fourth-order valence-electron chi connectivity index (χ4n) is 3.33. The van der Waals surface area contributed by atoms with Crippen molar-refractivity contribution in [1.82, 2.24) is 15.5 Å². The monoisotopic (exact) mass is 391 g/mol. The number of methoxy groups -OCH3 is 1. The number of benzene rings is 1. The molecule has 0 aliphatic carbocycles. The number of ether oxygens (including phenoxy) is 1. The van der Waals surface area contributed by atoms with Gasteiger partial charge in [-0.05, 0) is 51.6 Å². The van der Waals surface area contributed by atoms with Gasteiger partial charge in [0.2, 0.25) is 0 Å². The number of carbonyl (C=O) groups is 1. The third kappa shape index (κ3) is 11.3. The van der Waals surface area contributed by atoms with Crippen LogP contribution >= 0.6 is 0 Å². The largest absolute Gasteiger partial charge is 0.385 e. The molecule has 160 valence electrons. The number of urea groups is 1. The number of unbranched alkanes of at least 4 members (excludes halogenated alkanes) is 4. The van der Waals surface area contributed by atoms with Crippen molar-refractivity contribution in [3.63, 3.8) is 0 Å². The molecule has 0 saturated heterocycles. The third-order valence-corrected chi connectivity index (χ3v) is 5.20. The second-order valence-corrected chi connectivity index (χ2v) is 7.74. The molecule has 1 aromatic carbocycles. The Morgan fingerprint density at radius 3 is 2.64 bits per heavy atom. The summed E-state index contributed by atoms with van der Waals surface area (Å²) in [6, 6.07) is 9.07. The Morgan fingerprint density at radius 1 is 1.14 bits per heavy atom. The van der Waals surface area contributed by atoms with Gasteiger partial charge in [-0.15, -0.1) is 0 Å². The number of amides is 2. The van der Waals surface area contributed by atoms with Gasteiger partial charge in [0, 0.05) is 39.9 Å². The minimum absolute atomic E-state index is 0.0262. The molecule has 1 unspecified atom stereocenters. The van der Waals surface area contributed by atoms with E-state index in [0.717, 1.165) is 51.7 Å². The van der Waals surface area contributed by atoms with Crippen LogP contribution in [0.3, 0.4) is 0 Å².